The number of Topliss-reactive ketones (excluding diaryl/α,β-unsaturated/α-hetero) is 1. The first-order valence-electron chi connectivity index (χ1n) is 12.4. The molecular formula is C26H38N2O5. The van der Waals surface area contributed by atoms with Crippen LogP contribution in [-0.4, -0.2) is 66.7 Å². The highest BCUT2D eigenvalue weighted by Crippen LogP contribution is 2.47. The first-order valence-corrected chi connectivity index (χ1v) is 12.4. The maximum Gasteiger partial charge on any atom is 0.291 e. The number of aliphatic hydroxyl groups is 1. The SMILES string of the molecule is COc1ccc([C@@H]2CN(C(=O)C(=O)C3CCCCN3)C[C@@]2(C)[C@@H](C)O)cc1OC1CCCC1. The van der Waals surface area contributed by atoms with E-state index in [0.717, 1.165) is 37.8 Å². The van der Waals surface area contributed by atoms with Crippen LogP contribution in [0.2, 0.25) is 0 Å². The van der Waals surface area contributed by atoms with E-state index >= 15 is 0 Å². The number of amides is 1. The average Bonchev–Trinajstić information content (AvgIpc) is 3.47. The summed E-state index contributed by atoms with van der Waals surface area (Å²) in [6.45, 7) is 5.28. The Morgan fingerprint density at radius 1 is 1.15 bits per heavy atom. The zero-order valence-corrected chi connectivity index (χ0v) is 20.1. The molecule has 3 aliphatic rings. The van der Waals surface area contributed by atoms with Gasteiger partial charge in [0.15, 0.2) is 11.5 Å². The van der Waals surface area contributed by atoms with E-state index in [1.165, 1.54) is 12.8 Å². The number of aliphatic hydroxyl groups excluding tert-OH is 1. The largest absolute Gasteiger partial charge is 0.493 e. The number of rotatable bonds is 7. The number of ketones is 1. The summed E-state index contributed by atoms with van der Waals surface area (Å²) in [6.07, 6.45) is 6.68. The first-order chi connectivity index (χ1) is 15.8. The molecule has 2 N–H and O–H groups in total. The smallest absolute Gasteiger partial charge is 0.291 e. The standard InChI is InChI=1S/C26H38N2O5/c1-17(29)26(2)16-28(25(31)24(30)21-10-6-7-13-27-21)15-20(26)18-11-12-22(32-3)23(14-18)33-19-8-4-5-9-19/h11-12,14,17,19-21,27,29H,4-10,13,15-16H2,1-3H3/t17-,20+,21?,26+/m1/s1. The third-order valence-electron chi connectivity index (χ3n) is 8.00. The van der Waals surface area contributed by atoms with Gasteiger partial charge in [0.05, 0.1) is 25.4 Å². The van der Waals surface area contributed by atoms with Gasteiger partial charge in [-0.2, -0.15) is 0 Å². The van der Waals surface area contributed by atoms with E-state index < -0.39 is 23.5 Å². The van der Waals surface area contributed by atoms with Crippen molar-refractivity contribution in [1.82, 2.24) is 10.2 Å². The van der Waals surface area contributed by atoms with Gasteiger partial charge >= 0.3 is 0 Å². The summed E-state index contributed by atoms with van der Waals surface area (Å²) in [5.41, 5.74) is 0.417. The van der Waals surface area contributed by atoms with Crippen LogP contribution in [0.4, 0.5) is 0 Å². The Morgan fingerprint density at radius 2 is 1.88 bits per heavy atom. The molecule has 1 unspecified atom stereocenters. The summed E-state index contributed by atoms with van der Waals surface area (Å²) in [4.78, 5) is 27.7. The Hall–Kier alpha value is -2.12. The molecule has 0 radical (unpaired) electrons. The van der Waals surface area contributed by atoms with Crippen LogP contribution in [0.15, 0.2) is 18.2 Å². The molecule has 1 aromatic rings. The number of nitrogens with one attached hydrogen (secondary N) is 1. The van der Waals surface area contributed by atoms with Crippen molar-refractivity contribution >= 4 is 11.7 Å². The monoisotopic (exact) mass is 458 g/mol. The van der Waals surface area contributed by atoms with Crippen LogP contribution in [0, 0.1) is 5.41 Å². The molecule has 33 heavy (non-hydrogen) atoms. The second kappa shape index (κ2) is 10.0. The maximum absolute atomic E-state index is 13.1. The topological polar surface area (TPSA) is 88.1 Å². The molecule has 182 valence electrons. The number of benzene rings is 1. The van der Waals surface area contributed by atoms with Crippen molar-refractivity contribution in [3.8, 4) is 11.5 Å². The quantitative estimate of drug-likeness (QED) is 0.611. The first kappa shape index (κ1) is 24.0. The van der Waals surface area contributed by atoms with Crippen LogP contribution in [0.3, 0.4) is 0 Å². The Kier molecular flexibility index (Phi) is 7.29. The molecule has 1 saturated carbocycles. The molecule has 1 aromatic carbocycles. The molecular weight excluding hydrogens is 420 g/mol. The van der Waals surface area contributed by atoms with Gasteiger partial charge in [-0.15, -0.1) is 0 Å². The summed E-state index contributed by atoms with van der Waals surface area (Å²) in [6, 6.07) is 5.50. The fourth-order valence-electron chi connectivity index (χ4n) is 5.65. The van der Waals surface area contributed by atoms with Crippen molar-refractivity contribution in [2.45, 2.75) is 83.0 Å². The van der Waals surface area contributed by atoms with Crippen molar-refractivity contribution in [3.63, 3.8) is 0 Å². The third-order valence-corrected chi connectivity index (χ3v) is 8.00. The molecule has 4 rings (SSSR count). The van der Waals surface area contributed by atoms with E-state index in [1.54, 1.807) is 18.9 Å². The molecule has 3 fully saturated rings. The fourth-order valence-corrected chi connectivity index (χ4v) is 5.65. The summed E-state index contributed by atoms with van der Waals surface area (Å²) >= 11 is 0. The second-order valence-corrected chi connectivity index (χ2v) is 10.2. The highest BCUT2D eigenvalue weighted by Gasteiger charge is 2.49. The van der Waals surface area contributed by atoms with Gasteiger partial charge in [0.1, 0.15) is 0 Å². The molecule has 0 bridgehead atoms. The van der Waals surface area contributed by atoms with Gasteiger partial charge in [0, 0.05) is 24.4 Å². The predicted molar refractivity (Wildman–Crippen MR) is 126 cm³/mol. The number of carbonyl (C=O) groups excluding carboxylic acids is 2. The van der Waals surface area contributed by atoms with Crippen LogP contribution >= 0.6 is 0 Å². The van der Waals surface area contributed by atoms with Crippen molar-refractivity contribution in [2.75, 3.05) is 26.7 Å². The lowest BCUT2D eigenvalue weighted by Crippen LogP contribution is -2.49. The minimum Gasteiger partial charge on any atom is -0.493 e. The van der Waals surface area contributed by atoms with E-state index in [9.17, 15) is 14.7 Å². The zero-order chi connectivity index (χ0) is 23.6. The average molecular weight is 459 g/mol. The minimum atomic E-state index is -0.649. The Labute approximate surface area is 196 Å². The van der Waals surface area contributed by atoms with Gasteiger partial charge in [-0.1, -0.05) is 19.4 Å². The number of piperidine rings is 1. The van der Waals surface area contributed by atoms with E-state index in [1.807, 2.05) is 25.1 Å². The van der Waals surface area contributed by atoms with Gasteiger partial charge < -0.3 is 24.8 Å². The number of likely N-dealkylation sites (tertiary alicyclic amines) is 1. The molecule has 0 aromatic heterocycles. The number of methoxy groups -OCH3 is 1. The van der Waals surface area contributed by atoms with Gasteiger partial charge in [-0.25, -0.2) is 0 Å². The van der Waals surface area contributed by atoms with Gasteiger partial charge in [-0.3, -0.25) is 9.59 Å². The maximum atomic E-state index is 13.1. The van der Waals surface area contributed by atoms with Gasteiger partial charge in [0.2, 0.25) is 5.78 Å². The normalized spacial score (nSPS) is 29.2. The van der Waals surface area contributed by atoms with Crippen molar-refractivity contribution in [3.05, 3.63) is 23.8 Å². The number of nitrogens with zero attached hydrogens (tertiary/aromatic N) is 1. The summed E-state index contributed by atoms with van der Waals surface area (Å²) in [5.74, 6) is 0.476. The van der Waals surface area contributed by atoms with E-state index in [2.05, 4.69) is 5.32 Å². The molecule has 1 amide bonds. The molecule has 2 aliphatic heterocycles. The molecule has 4 atom stereocenters. The summed E-state index contributed by atoms with van der Waals surface area (Å²) < 4.78 is 11.8. The summed E-state index contributed by atoms with van der Waals surface area (Å²) in [7, 11) is 1.64. The van der Waals surface area contributed by atoms with Crippen LogP contribution in [0.1, 0.15) is 70.3 Å². The lowest BCUT2D eigenvalue weighted by molar-refractivity contribution is -0.145. The van der Waals surface area contributed by atoms with E-state index in [-0.39, 0.29) is 17.8 Å². The van der Waals surface area contributed by atoms with Gasteiger partial charge in [0.25, 0.3) is 5.91 Å². The number of hydrogen-bond donors (Lipinski definition) is 2. The third kappa shape index (κ3) is 4.90. The molecule has 0 spiro atoms. The molecule has 7 heteroatoms. The molecule has 7 nitrogen and oxygen atoms in total. The minimum absolute atomic E-state index is 0.120. The van der Waals surface area contributed by atoms with Crippen molar-refractivity contribution in [2.24, 2.45) is 5.41 Å². The lowest BCUT2D eigenvalue weighted by atomic mass is 9.72. The number of ether oxygens (including phenoxy) is 2. The van der Waals surface area contributed by atoms with Crippen LogP contribution in [0.25, 0.3) is 0 Å². The summed E-state index contributed by atoms with van der Waals surface area (Å²) in [5, 5.41) is 13.9. The molecule has 1 aliphatic carbocycles. The lowest BCUT2D eigenvalue weighted by Gasteiger charge is -2.34. The molecule has 2 saturated heterocycles. The fraction of sp³-hybridized carbons (Fsp3) is 0.692. The van der Waals surface area contributed by atoms with Crippen molar-refractivity contribution < 1.29 is 24.2 Å². The number of hydrogen-bond acceptors (Lipinski definition) is 6. The van der Waals surface area contributed by atoms with Crippen LogP contribution < -0.4 is 14.8 Å². The molecule has 2 heterocycles. The van der Waals surface area contributed by atoms with E-state index in [0.29, 0.717) is 31.0 Å². The predicted octanol–water partition coefficient (Wildman–Crippen LogP) is 3.04. The Balaban J connectivity index is 1.57. The Bertz CT molecular complexity index is 860. The second-order valence-electron chi connectivity index (χ2n) is 10.2. The zero-order valence-electron chi connectivity index (χ0n) is 20.1. The Morgan fingerprint density at radius 3 is 2.52 bits per heavy atom. The highest BCUT2D eigenvalue weighted by atomic mass is 16.5. The van der Waals surface area contributed by atoms with E-state index in [4.69, 9.17) is 9.47 Å². The van der Waals surface area contributed by atoms with Crippen molar-refractivity contribution in [1.29, 1.82) is 0 Å². The van der Waals surface area contributed by atoms with Crippen LogP contribution in [0.5, 0.6) is 11.5 Å². The van der Waals surface area contributed by atoms with Gasteiger partial charge in [-0.05, 0) is 69.7 Å². The highest BCUT2D eigenvalue weighted by molar-refractivity contribution is 6.38. The number of carbonyl (C=O) groups is 2. The van der Waals surface area contributed by atoms with Crippen LogP contribution in [-0.2, 0) is 9.59 Å².